The van der Waals surface area contributed by atoms with Gasteiger partial charge in [-0.2, -0.15) is 0 Å². The molecule has 0 aliphatic carbocycles. The summed E-state index contributed by atoms with van der Waals surface area (Å²) in [4.78, 5) is 12.0. The Hall–Kier alpha value is -1.05. The predicted octanol–water partition coefficient (Wildman–Crippen LogP) is 3.12. The number of sulfonamides is 1. The third-order valence-electron chi connectivity index (χ3n) is 3.82. The van der Waals surface area contributed by atoms with E-state index in [0.717, 1.165) is 12.2 Å². The van der Waals surface area contributed by atoms with Crippen molar-refractivity contribution in [1.29, 1.82) is 0 Å². The Balaban J connectivity index is 2.24. The Morgan fingerprint density at radius 1 is 1.40 bits per heavy atom. The van der Waals surface area contributed by atoms with Crippen LogP contribution in [0.15, 0.2) is 35.8 Å². The van der Waals surface area contributed by atoms with Crippen LogP contribution in [0.5, 0.6) is 0 Å². The summed E-state index contributed by atoms with van der Waals surface area (Å²) in [6.07, 6.45) is 8.36. The number of unbranched alkanes of at least 4 members (excludes halogenated alkanes) is 1. The first-order chi connectivity index (χ1) is 11.7. The first kappa shape index (κ1) is 22.0. The standard InChI is InChI=1S/C18H30N2O3S2/c1-5-16(10-9-15-11-13-24-14-15)20-17(21)8-6-7-12-19-25(22,23)18(2,3)4/h5,9,11,13,16,19H,1,6-8,10,12,14H2,2-4H3,(H,20,21)/b15-9-. The van der Waals surface area contributed by atoms with Crippen LogP contribution in [0.25, 0.3) is 0 Å². The van der Waals surface area contributed by atoms with Gasteiger partial charge in [0.15, 0.2) is 0 Å². The number of thioether (sulfide) groups is 1. The van der Waals surface area contributed by atoms with E-state index in [1.807, 2.05) is 0 Å². The fourth-order valence-electron chi connectivity index (χ4n) is 2.06. The lowest BCUT2D eigenvalue weighted by atomic mass is 10.1. The highest BCUT2D eigenvalue weighted by atomic mass is 32.2. The molecule has 1 atom stereocenters. The van der Waals surface area contributed by atoms with Crippen LogP contribution in [0, 0.1) is 0 Å². The predicted molar refractivity (Wildman–Crippen MR) is 107 cm³/mol. The topological polar surface area (TPSA) is 75.3 Å². The minimum Gasteiger partial charge on any atom is -0.350 e. The molecule has 0 spiro atoms. The van der Waals surface area contributed by atoms with E-state index >= 15 is 0 Å². The van der Waals surface area contributed by atoms with E-state index in [2.05, 4.69) is 34.2 Å². The van der Waals surface area contributed by atoms with Gasteiger partial charge in [0.2, 0.25) is 15.9 Å². The van der Waals surface area contributed by atoms with Gasteiger partial charge in [-0.1, -0.05) is 18.2 Å². The molecule has 1 aliphatic rings. The number of hydrogen-bond donors (Lipinski definition) is 2. The molecule has 1 rings (SSSR count). The second-order valence-corrected chi connectivity index (χ2v) is 10.4. The highest BCUT2D eigenvalue weighted by molar-refractivity contribution is 8.02. The Kier molecular flexibility index (Phi) is 8.96. The van der Waals surface area contributed by atoms with Gasteiger partial charge in [0, 0.05) is 18.7 Å². The largest absolute Gasteiger partial charge is 0.350 e. The third kappa shape index (κ3) is 8.25. The molecule has 0 bridgehead atoms. The summed E-state index contributed by atoms with van der Waals surface area (Å²) in [5.41, 5.74) is 1.28. The Morgan fingerprint density at radius 3 is 2.68 bits per heavy atom. The van der Waals surface area contributed by atoms with Gasteiger partial charge in [0.25, 0.3) is 0 Å². The van der Waals surface area contributed by atoms with E-state index in [1.54, 1.807) is 38.6 Å². The monoisotopic (exact) mass is 386 g/mol. The average Bonchev–Trinajstić information content (AvgIpc) is 3.03. The molecule has 1 unspecified atom stereocenters. The van der Waals surface area contributed by atoms with Crippen LogP contribution in [0.1, 0.15) is 46.5 Å². The summed E-state index contributed by atoms with van der Waals surface area (Å²) in [7, 11) is -3.31. The van der Waals surface area contributed by atoms with E-state index in [9.17, 15) is 13.2 Å². The number of amides is 1. The quantitative estimate of drug-likeness (QED) is 0.447. The molecular formula is C18H30N2O3S2. The number of carbonyl (C=O) groups is 1. The number of allylic oxidation sites excluding steroid dienone is 1. The van der Waals surface area contributed by atoms with E-state index < -0.39 is 14.8 Å². The molecule has 0 aromatic heterocycles. The van der Waals surface area contributed by atoms with Crippen LogP contribution in [-0.2, 0) is 14.8 Å². The maximum absolute atomic E-state index is 12.0. The summed E-state index contributed by atoms with van der Waals surface area (Å²) in [6, 6.07) is -0.0709. The van der Waals surface area contributed by atoms with Gasteiger partial charge in [0.1, 0.15) is 0 Å². The second-order valence-electron chi connectivity index (χ2n) is 7.01. The molecule has 1 heterocycles. The molecule has 0 saturated heterocycles. The van der Waals surface area contributed by atoms with Gasteiger partial charge in [-0.05, 0) is 51.0 Å². The van der Waals surface area contributed by atoms with Gasteiger partial charge in [-0.25, -0.2) is 13.1 Å². The number of hydrogen-bond acceptors (Lipinski definition) is 4. The highest BCUT2D eigenvalue weighted by Gasteiger charge is 2.27. The smallest absolute Gasteiger partial charge is 0.220 e. The molecule has 0 saturated carbocycles. The fraction of sp³-hybridized carbons (Fsp3) is 0.611. The summed E-state index contributed by atoms with van der Waals surface area (Å²) in [5, 5.41) is 5.02. The molecule has 1 aliphatic heterocycles. The van der Waals surface area contributed by atoms with Crippen LogP contribution in [0.4, 0.5) is 0 Å². The lowest BCUT2D eigenvalue weighted by Gasteiger charge is -2.19. The van der Waals surface area contributed by atoms with Crippen molar-refractivity contribution in [3.8, 4) is 0 Å². The second kappa shape index (κ2) is 10.2. The van der Waals surface area contributed by atoms with Crippen LogP contribution < -0.4 is 10.0 Å². The zero-order chi connectivity index (χ0) is 18.9. The van der Waals surface area contributed by atoms with Crippen molar-refractivity contribution in [2.24, 2.45) is 0 Å². The van der Waals surface area contributed by atoms with Crippen LogP contribution >= 0.6 is 11.8 Å². The van der Waals surface area contributed by atoms with Gasteiger partial charge >= 0.3 is 0 Å². The highest BCUT2D eigenvalue weighted by Crippen LogP contribution is 2.20. The first-order valence-corrected chi connectivity index (χ1v) is 11.1. The molecule has 142 valence electrons. The summed E-state index contributed by atoms with van der Waals surface area (Å²) >= 11 is 1.76. The summed E-state index contributed by atoms with van der Waals surface area (Å²) < 4.78 is 25.6. The third-order valence-corrected chi connectivity index (χ3v) is 6.85. The SMILES string of the molecule is C=CC(C/C=C1/C=CSC1)NC(=O)CCCCNS(=O)(=O)C(C)(C)C. The van der Waals surface area contributed by atoms with Crippen LogP contribution in [-0.4, -0.2) is 37.4 Å². The molecule has 5 nitrogen and oxygen atoms in total. The maximum Gasteiger partial charge on any atom is 0.220 e. The zero-order valence-electron chi connectivity index (χ0n) is 15.4. The van der Waals surface area contributed by atoms with Crippen LogP contribution in [0.2, 0.25) is 0 Å². The summed E-state index contributed by atoms with van der Waals surface area (Å²) in [5.74, 6) is 0.959. The number of rotatable bonds is 10. The minimum atomic E-state index is -3.31. The molecule has 25 heavy (non-hydrogen) atoms. The zero-order valence-corrected chi connectivity index (χ0v) is 17.0. The molecule has 2 N–H and O–H groups in total. The Morgan fingerprint density at radius 2 is 2.12 bits per heavy atom. The molecule has 0 radical (unpaired) electrons. The Bertz CT molecular complexity index is 617. The van der Waals surface area contributed by atoms with Crippen molar-refractivity contribution in [3.05, 3.63) is 35.8 Å². The Labute approximate surface area is 156 Å². The van der Waals surface area contributed by atoms with Crippen molar-refractivity contribution in [1.82, 2.24) is 10.0 Å². The lowest BCUT2D eigenvalue weighted by molar-refractivity contribution is -0.121. The molecule has 7 heteroatoms. The van der Waals surface area contributed by atoms with Crippen molar-refractivity contribution in [2.75, 3.05) is 12.3 Å². The average molecular weight is 387 g/mol. The molecule has 1 amide bonds. The van der Waals surface area contributed by atoms with Crippen molar-refractivity contribution in [3.63, 3.8) is 0 Å². The summed E-state index contributed by atoms with van der Waals surface area (Å²) in [6.45, 7) is 9.11. The normalized spacial score (nSPS) is 17.6. The van der Waals surface area contributed by atoms with Gasteiger partial charge in [-0.15, -0.1) is 18.3 Å². The van der Waals surface area contributed by atoms with E-state index in [1.165, 1.54) is 5.57 Å². The number of carbonyl (C=O) groups excluding carboxylic acids is 1. The molecule has 0 aromatic rings. The van der Waals surface area contributed by atoms with E-state index in [4.69, 9.17) is 0 Å². The van der Waals surface area contributed by atoms with Gasteiger partial charge < -0.3 is 5.32 Å². The van der Waals surface area contributed by atoms with Gasteiger partial charge in [-0.3, -0.25) is 4.79 Å². The van der Waals surface area contributed by atoms with Crippen LogP contribution in [0.3, 0.4) is 0 Å². The van der Waals surface area contributed by atoms with Crippen molar-refractivity contribution in [2.45, 2.75) is 57.2 Å². The molecule has 0 aromatic carbocycles. The fourth-order valence-corrected chi connectivity index (χ4v) is 3.68. The van der Waals surface area contributed by atoms with E-state index in [0.29, 0.717) is 25.8 Å². The molecular weight excluding hydrogens is 356 g/mol. The van der Waals surface area contributed by atoms with E-state index in [-0.39, 0.29) is 11.9 Å². The maximum atomic E-state index is 12.0. The first-order valence-electron chi connectivity index (χ1n) is 8.54. The lowest BCUT2D eigenvalue weighted by Crippen LogP contribution is -2.39. The number of nitrogens with one attached hydrogen (secondary N) is 2. The molecule has 0 fully saturated rings. The van der Waals surface area contributed by atoms with Crippen molar-refractivity contribution >= 4 is 27.7 Å². The minimum absolute atomic E-state index is 0.0293. The van der Waals surface area contributed by atoms with Crippen molar-refractivity contribution < 1.29 is 13.2 Å². The van der Waals surface area contributed by atoms with Gasteiger partial charge in [0.05, 0.1) is 10.8 Å².